The molecule has 0 amide bonds. The van der Waals surface area contributed by atoms with Gasteiger partial charge in [0.05, 0.1) is 12.1 Å². The molecule has 7 heteroatoms. The fraction of sp³-hybridized carbons (Fsp3) is 0.222. The van der Waals surface area contributed by atoms with Crippen LogP contribution in [0.2, 0.25) is 0 Å². The third-order valence-corrected chi connectivity index (χ3v) is 2.17. The van der Waals surface area contributed by atoms with Crippen molar-refractivity contribution in [2.45, 2.75) is 5.56 Å². The van der Waals surface area contributed by atoms with Crippen molar-refractivity contribution >= 4 is 28.6 Å². The zero-order valence-electron chi connectivity index (χ0n) is 8.39. The van der Waals surface area contributed by atoms with E-state index in [9.17, 15) is 0 Å². The lowest BCUT2D eigenvalue weighted by Gasteiger charge is -2.03. The van der Waals surface area contributed by atoms with E-state index in [0.29, 0.717) is 11.5 Å². The van der Waals surface area contributed by atoms with Crippen LogP contribution in [-0.2, 0) is 0 Å². The van der Waals surface area contributed by atoms with Crippen LogP contribution in [0.15, 0.2) is 24.4 Å². The number of rotatable bonds is 3. The molecule has 2 heterocycles. The second-order valence-corrected chi connectivity index (χ2v) is 3.61. The number of nitrogens with two attached hydrogens (primary N) is 1. The molecule has 1 unspecified atom stereocenters. The van der Waals surface area contributed by atoms with Crippen LogP contribution in [0.1, 0.15) is 0 Å². The Kier molecular flexibility index (Phi) is 3.94. The number of pyridine rings is 1. The molecule has 0 saturated carbocycles. The van der Waals surface area contributed by atoms with Crippen molar-refractivity contribution in [2.24, 2.45) is 0 Å². The van der Waals surface area contributed by atoms with Gasteiger partial charge >= 0.3 is 0 Å². The summed E-state index contributed by atoms with van der Waals surface area (Å²) in [5.41, 5.74) is 6.28. The molecule has 0 aliphatic heterocycles. The molecule has 0 saturated heterocycles. The van der Waals surface area contributed by atoms with Crippen molar-refractivity contribution in [1.82, 2.24) is 9.61 Å². The number of aliphatic hydroxyl groups excluding tert-OH is 1. The largest absolute Gasteiger partial charge is 0.412 e. The lowest BCUT2D eigenvalue weighted by atomic mass is 10.3. The maximum atomic E-state index is 8.91. The van der Waals surface area contributed by atoms with Crippen LogP contribution in [0.5, 0.6) is 0 Å². The van der Waals surface area contributed by atoms with Crippen molar-refractivity contribution in [1.29, 1.82) is 0 Å². The number of nitrogen functional groups attached to an aromatic ring is 1. The Labute approximate surface area is 96.9 Å². The van der Waals surface area contributed by atoms with E-state index < -0.39 is 5.56 Å². The van der Waals surface area contributed by atoms with Gasteiger partial charge in [0.2, 0.25) is 0 Å². The van der Waals surface area contributed by atoms with Crippen LogP contribution in [0.4, 0.5) is 11.5 Å². The average Bonchev–Trinajstić information content (AvgIpc) is 2.54. The molecule has 0 radical (unpaired) electrons. The van der Waals surface area contributed by atoms with Gasteiger partial charge in [-0.15, -0.1) is 5.10 Å². The van der Waals surface area contributed by atoms with Gasteiger partial charge in [0.1, 0.15) is 11.3 Å². The minimum atomic E-state index is -0.950. The molecule has 2 rings (SSSR count). The first-order valence-electron chi connectivity index (χ1n) is 4.47. The molecule has 0 fully saturated rings. The molecule has 6 N–H and O–H groups in total. The van der Waals surface area contributed by atoms with Gasteiger partial charge in [0, 0.05) is 6.20 Å². The zero-order valence-corrected chi connectivity index (χ0v) is 9.15. The summed E-state index contributed by atoms with van der Waals surface area (Å²) in [5.74, 6) is 0.529. The molecule has 2 aromatic rings. The van der Waals surface area contributed by atoms with E-state index in [4.69, 9.17) is 22.4 Å². The van der Waals surface area contributed by atoms with E-state index in [1.54, 1.807) is 10.7 Å². The number of halogens is 1. The molecule has 0 bridgehead atoms. The lowest BCUT2D eigenvalue weighted by molar-refractivity contribution is 0.269. The van der Waals surface area contributed by atoms with Gasteiger partial charge < -0.3 is 21.6 Å². The first kappa shape index (κ1) is 12.6. The predicted octanol–water partition coefficient (Wildman–Crippen LogP) is 0.0609. The molecule has 2 aromatic heterocycles. The van der Waals surface area contributed by atoms with E-state index in [1.807, 2.05) is 18.2 Å². The number of nitrogens with one attached hydrogen (secondary N) is 1. The summed E-state index contributed by atoms with van der Waals surface area (Å²) >= 11 is 5.40. The number of alkyl halides is 1. The molecule has 0 aliphatic carbocycles. The Morgan fingerprint density at radius 3 is 2.94 bits per heavy atom. The molecular formula is C9H13ClN4O2. The van der Waals surface area contributed by atoms with Gasteiger partial charge in [0.15, 0.2) is 5.82 Å². The highest BCUT2D eigenvalue weighted by Crippen LogP contribution is 2.22. The van der Waals surface area contributed by atoms with Crippen molar-refractivity contribution in [2.75, 3.05) is 17.6 Å². The molecular weight excluding hydrogens is 232 g/mol. The molecule has 16 heavy (non-hydrogen) atoms. The first-order valence-corrected chi connectivity index (χ1v) is 4.91. The van der Waals surface area contributed by atoms with Crippen LogP contribution < -0.4 is 11.1 Å². The monoisotopic (exact) mass is 244 g/mol. The summed E-state index contributed by atoms with van der Waals surface area (Å²) in [5, 5.41) is 16.0. The van der Waals surface area contributed by atoms with Gasteiger partial charge in [-0.2, -0.15) is 0 Å². The average molecular weight is 245 g/mol. The number of aromatic nitrogens is 2. The summed E-state index contributed by atoms with van der Waals surface area (Å²) in [7, 11) is 0. The van der Waals surface area contributed by atoms with E-state index in [1.165, 1.54) is 0 Å². The fourth-order valence-electron chi connectivity index (χ4n) is 1.33. The molecule has 0 spiro atoms. The summed E-state index contributed by atoms with van der Waals surface area (Å²) in [6, 6.07) is 5.61. The van der Waals surface area contributed by atoms with Crippen molar-refractivity contribution in [3.8, 4) is 0 Å². The second kappa shape index (κ2) is 5.02. The van der Waals surface area contributed by atoms with Crippen molar-refractivity contribution in [3.63, 3.8) is 0 Å². The molecule has 1 atom stereocenters. The van der Waals surface area contributed by atoms with Gasteiger partial charge in [-0.05, 0) is 12.1 Å². The van der Waals surface area contributed by atoms with E-state index in [0.717, 1.165) is 5.52 Å². The summed E-state index contributed by atoms with van der Waals surface area (Å²) in [6.07, 6.45) is 1.80. The van der Waals surface area contributed by atoms with E-state index in [-0.39, 0.29) is 12.0 Å². The highest BCUT2D eigenvalue weighted by Gasteiger charge is 2.09. The molecule has 0 aromatic carbocycles. The maximum Gasteiger partial charge on any atom is 0.172 e. The van der Waals surface area contributed by atoms with Crippen molar-refractivity contribution < 1.29 is 10.6 Å². The van der Waals surface area contributed by atoms with Crippen LogP contribution in [0, 0.1) is 0 Å². The quantitative estimate of drug-likeness (QED) is 0.664. The lowest BCUT2D eigenvalue weighted by Crippen LogP contribution is -2.14. The highest BCUT2D eigenvalue weighted by atomic mass is 35.5. The summed E-state index contributed by atoms with van der Waals surface area (Å²) < 4.78 is 1.66. The van der Waals surface area contributed by atoms with Gasteiger partial charge in [0.25, 0.3) is 0 Å². The Hall–Kier alpha value is -1.50. The minimum Gasteiger partial charge on any atom is -0.412 e. The van der Waals surface area contributed by atoms with Gasteiger partial charge in [-0.1, -0.05) is 17.7 Å². The first-order chi connectivity index (χ1) is 7.18. The normalized spacial score (nSPS) is 12.1. The number of aliphatic hydroxyl groups is 1. The number of hydrogen-bond donors (Lipinski definition) is 3. The number of hydrogen-bond acceptors (Lipinski definition) is 4. The van der Waals surface area contributed by atoms with Crippen LogP contribution in [-0.4, -0.2) is 32.3 Å². The van der Waals surface area contributed by atoms with Crippen molar-refractivity contribution in [3.05, 3.63) is 24.4 Å². The Bertz CT molecular complexity index is 471. The van der Waals surface area contributed by atoms with E-state index in [2.05, 4.69) is 10.4 Å². The topological polar surface area (TPSA) is 107 Å². The smallest absolute Gasteiger partial charge is 0.172 e. The fourth-order valence-corrected chi connectivity index (χ4v) is 1.41. The Morgan fingerprint density at radius 2 is 2.31 bits per heavy atom. The second-order valence-electron chi connectivity index (χ2n) is 3.11. The Balaban J connectivity index is 0.00000128. The van der Waals surface area contributed by atoms with Crippen LogP contribution in [0.3, 0.4) is 0 Å². The van der Waals surface area contributed by atoms with Gasteiger partial charge in [-0.25, -0.2) is 4.52 Å². The zero-order chi connectivity index (χ0) is 10.8. The minimum absolute atomic E-state index is 0. The van der Waals surface area contributed by atoms with Crippen LogP contribution >= 0.6 is 11.6 Å². The predicted molar refractivity (Wildman–Crippen MR) is 63.6 cm³/mol. The third-order valence-electron chi connectivity index (χ3n) is 2.02. The number of nitrogens with zero attached hydrogens (tertiary/aromatic N) is 2. The summed E-state index contributed by atoms with van der Waals surface area (Å²) in [6.45, 7) is 0.204. The van der Waals surface area contributed by atoms with Crippen LogP contribution in [0.25, 0.3) is 5.52 Å². The van der Waals surface area contributed by atoms with E-state index >= 15 is 0 Å². The molecule has 0 aliphatic rings. The number of anilines is 2. The SMILES string of the molecule is Nc1c(NCC(O)Cl)nn2ccccc12.O. The third kappa shape index (κ3) is 2.35. The molecule has 6 nitrogen and oxygen atoms in total. The standard InChI is InChI=1S/C9H11ClN4O.H2O/c10-7(15)5-12-9-8(11)6-3-1-2-4-14(6)13-9;/h1-4,7,15H,5,11H2,(H,12,13);1H2. The Morgan fingerprint density at radius 1 is 1.56 bits per heavy atom. The number of fused-ring (bicyclic) bond motifs is 1. The maximum absolute atomic E-state index is 8.91. The molecule has 88 valence electrons. The van der Waals surface area contributed by atoms with Gasteiger partial charge in [-0.3, -0.25) is 0 Å². The highest BCUT2D eigenvalue weighted by molar-refractivity contribution is 6.19. The summed E-state index contributed by atoms with van der Waals surface area (Å²) in [4.78, 5) is 0.